The van der Waals surface area contributed by atoms with Crippen molar-refractivity contribution >= 4 is 5.91 Å². The van der Waals surface area contributed by atoms with E-state index in [9.17, 15) is 4.79 Å². The van der Waals surface area contributed by atoms with Gasteiger partial charge in [-0.25, -0.2) is 0 Å². The lowest BCUT2D eigenvalue weighted by Gasteiger charge is -2.23. The van der Waals surface area contributed by atoms with Crippen LogP contribution in [0, 0.1) is 5.92 Å². The van der Waals surface area contributed by atoms with Gasteiger partial charge in [-0.05, 0) is 31.6 Å². The largest absolute Gasteiger partial charge is 0.322 e. The summed E-state index contributed by atoms with van der Waals surface area (Å²) in [6.07, 6.45) is 7.09. The van der Waals surface area contributed by atoms with E-state index in [1.165, 1.54) is 19.3 Å². The van der Waals surface area contributed by atoms with Crippen molar-refractivity contribution in [3.8, 4) is 0 Å². The number of nitrogens with zero attached hydrogens (tertiary/aromatic N) is 1. The molecular formula is C13H22N2O. The summed E-state index contributed by atoms with van der Waals surface area (Å²) in [5.41, 5.74) is -0.164. The highest BCUT2D eigenvalue weighted by Gasteiger charge is 2.56. The van der Waals surface area contributed by atoms with E-state index in [0.29, 0.717) is 18.1 Å². The molecule has 0 aromatic heterocycles. The quantitative estimate of drug-likeness (QED) is 0.773. The second-order valence-corrected chi connectivity index (χ2v) is 5.85. The van der Waals surface area contributed by atoms with E-state index in [1.54, 1.807) is 0 Å². The molecule has 3 rings (SSSR count). The molecular weight excluding hydrogens is 200 g/mol. The third-order valence-corrected chi connectivity index (χ3v) is 4.69. The van der Waals surface area contributed by atoms with Gasteiger partial charge >= 0.3 is 0 Å². The number of carbonyl (C=O) groups is 1. The third-order valence-electron chi connectivity index (χ3n) is 4.69. The molecule has 0 aromatic carbocycles. The van der Waals surface area contributed by atoms with Crippen molar-refractivity contribution in [2.75, 3.05) is 0 Å². The molecule has 3 nitrogen and oxygen atoms in total. The van der Waals surface area contributed by atoms with Crippen LogP contribution in [0.4, 0.5) is 0 Å². The van der Waals surface area contributed by atoms with E-state index in [1.807, 2.05) is 0 Å². The maximum atomic E-state index is 12.6. The van der Waals surface area contributed by atoms with Crippen LogP contribution in [0.2, 0.25) is 0 Å². The van der Waals surface area contributed by atoms with Crippen molar-refractivity contribution in [1.29, 1.82) is 0 Å². The number of hydrogen-bond donors (Lipinski definition) is 1. The molecule has 0 radical (unpaired) electrons. The van der Waals surface area contributed by atoms with Crippen molar-refractivity contribution in [1.82, 2.24) is 10.2 Å². The molecule has 1 amide bonds. The Labute approximate surface area is 97.6 Å². The van der Waals surface area contributed by atoms with Gasteiger partial charge in [-0.2, -0.15) is 0 Å². The number of carbonyl (C=O) groups excluding carboxylic acids is 1. The van der Waals surface area contributed by atoms with Gasteiger partial charge in [0.05, 0.1) is 11.7 Å². The van der Waals surface area contributed by atoms with Gasteiger partial charge < -0.3 is 4.90 Å². The van der Waals surface area contributed by atoms with Gasteiger partial charge in [0.15, 0.2) is 0 Å². The highest BCUT2D eigenvalue weighted by molar-refractivity contribution is 5.89. The van der Waals surface area contributed by atoms with Gasteiger partial charge in [0.25, 0.3) is 0 Å². The summed E-state index contributed by atoms with van der Waals surface area (Å²) in [5, 5.41) is 3.63. The molecule has 3 aliphatic rings. The molecule has 1 heterocycles. The lowest BCUT2D eigenvalue weighted by Crippen LogP contribution is -2.44. The zero-order chi connectivity index (χ0) is 11.3. The smallest absolute Gasteiger partial charge is 0.244 e. The topological polar surface area (TPSA) is 32.3 Å². The van der Waals surface area contributed by atoms with Crippen LogP contribution in [0.5, 0.6) is 0 Å². The van der Waals surface area contributed by atoms with Crippen molar-refractivity contribution in [2.45, 2.75) is 70.1 Å². The lowest BCUT2D eigenvalue weighted by molar-refractivity contribution is -0.133. The highest BCUT2D eigenvalue weighted by atomic mass is 16.2. The molecule has 1 spiro atoms. The highest BCUT2D eigenvalue weighted by Crippen LogP contribution is 2.44. The molecule has 0 bridgehead atoms. The van der Waals surface area contributed by atoms with Crippen molar-refractivity contribution < 1.29 is 4.79 Å². The molecule has 3 unspecified atom stereocenters. The first kappa shape index (κ1) is 10.6. The Morgan fingerprint density at radius 1 is 1.44 bits per heavy atom. The molecule has 1 aliphatic heterocycles. The van der Waals surface area contributed by atoms with Crippen molar-refractivity contribution in [3.05, 3.63) is 0 Å². The molecule has 1 N–H and O–H groups in total. The van der Waals surface area contributed by atoms with Crippen LogP contribution < -0.4 is 5.32 Å². The van der Waals surface area contributed by atoms with Crippen LogP contribution in [0.25, 0.3) is 0 Å². The van der Waals surface area contributed by atoms with Crippen LogP contribution in [0.15, 0.2) is 0 Å². The minimum absolute atomic E-state index is 0.164. The van der Waals surface area contributed by atoms with E-state index in [2.05, 4.69) is 24.1 Å². The molecule has 3 fully saturated rings. The van der Waals surface area contributed by atoms with E-state index >= 15 is 0 Å². The van der Waals surface area contributed by atoms with Gasteiger partial charge in [-0.1, -0.05) is 26.7 Å². The molecule has 3 heteroatoms. The Balaban J connectivity index is 1.84. The Morgan fingerprint density at radius 2 is 2.06 bits per heavy atom. The van der Waals surface area contributed by atoms with Crippen LogP contribution in [0.1, 0.15) is 52.4 Å². The summed E-state index contributed by atoms with van der Waals surface area (Å²) in [7, 11) is 0. The van der Waals surface area contributed by atoms with Gasteiger partial charge in [0.2, 0.25) is 5.91 Å². The second kappa shape index (κ2) is 3.46. The molecule has 1 saturated heterocycles. The standard InChI is InChI=1S/C13H22N2O/c1-3-11-14-13(6-4-5-7-13)12(16)15(11)10-8-9(10)2/h9-11,14H,3-8H2,1-2H3. The van der Waals surface area contributed by atoms with Crippen LogP contribution in [-0.4, -0.2) is 28.6 Å². The predicted molar refractivity (Wildman–Crippen MR) is 62.8 cm³/mol. The van der Waals surface area contributed by atoms with E-state index in [4.69, 9.17) is 0 Å². The fourth-order valence-corrected chi connectivity index (χ4v) is 3.55. The van der Waals surface area contributed by atoms with Gasteiger partial charge in [0, 0.05) is 6.04 Å². The maximum Gasteiger partial charge on any atom is 0.244 e. The SMILES string of the molecule is CCC1NC2(CCCC2)C(=O)N1C1CC1C. The van der Waals surface area contributed by atoms with Crippen LogP contribution >= 0.6 is 0 Å². The normalized spacial score (nSPS) is 41.0. The Morgan fingerprint density at radius 3 is 2.56 bits per heavy atom. The predicted octanol–water partition coefficient (Wildman–Crippen LogP) is 1.88. The average Bonchev–Trinajstić information content (AvgIpc) is 2.75. The molecule has 16 heavy (non-hydrogen) atoms. The zero-order valence-electron chi connectivity index (χ0n) is 10.3. The first-order chi connectivity index (χ1) is 7.68. The Bertz CT molecular complexity index is 309. The van der Waals surface area contributed by atoms with Gasteiger partial charge in [0.1, 0.15) is 0 Å². The van der Waals surface area contributed by atoms with Crippen LogP contribution in [0.3, 0.4) is 0 Å². The zero-order valence-corrected chi connectivity index (χ0v) is 10.3. The minimum Gasteiger partial charge on any atom is -0.322 e. The van der Waals surface area contributed by atoms with E-state index in [-0.39, 0.29) is 5.54 Å². The Kier molecular flexibility index (Phi) is 2.29. The fraction of sp³-hybridized carbons (Fsp3) is 0.923. The van der Waals surface area contributed by atoms with Crippen molar-refractivity contribution in [2.24, 2.45) is 5.92 Å². The number of amides is 1. The number of hydrogen-bond acceptors (Lipinski definition) is 2. The summed E-state index contributed by atoms with van der Waals surface area (Å²) >= 11 is 0. The monoisotopic (exact) mass is 222 g/mol. The summed E-state index contributed by atoms with van der Waals surface area (Å²) in [5.74, 6) is 1.13. The first-order valence-corrected chi connectivity index (χ1v) is 6.78. The Hall–Kier alpha value is -0.570. The first-order valence-electron chi connectivity index (χ1n) is 6.78. The lowest BCUT2D eigenvalue weighted by atomic mass is 9.98. The second-order valence-electron chi connectivity index (χ2n) is 5.85. The summed E-state index contributed by atoms with van der Waals surface area (Å²) < 4.78 is 0. The minimum atomic E-state index is -0.164. The summed E-state index contributed by atoms with van der Waals surface area (Å²) in [6, 6.07) is 0.532. The van der Waals surface area contributed by atoms with Crippen molar-refractivity contribution in [3.63, 3.8) is 0 Å². The molecule has 0 aromatic rings. The van der Waals surface area contributed by atoms with E-state index < -0.39 is 0 Å². The number of rotatable bonds is 2. The van der Waals surface area contributed by atoms with Crippen LogP contribution in [-0.2, 0) is 4.79 Å². The van der Waals surface area contributed by atoms with E-state index in [0.717, 1.165) is 25.2 Å². The summed E-state index contributed by atoms with van der Waals surface area (Å²) in [6.45, 7) is 4.43. The number of nitrogens with one attached hydrogen (secondary N) is 1. The average molecular weight is 222 g/mol. The fourth-order valence-electron chi connectivity index (χ4n) is 3.55. The van der Waals surface area contributed by atoms with Gasteiger partial charge in [-0.3, -0.25) is 10.1 Å². The van der Waals surface area contributed by atoms with Gasteiger partial charge in [-0.15, -0.1) is 0 Å². The molecule has 2 saturated carbocycles. The molecule has 3 atom stereocenters. The maximum absolute atomic E-state index is 12.6. The molecule has 90 valence electrons. The molecule has 2 aliphatic carbocycles. The summed E-state index contributed by atoms with van der Waals surface area (Å²) in [4.78, 5) is 14.8. The third kappa shape index (κ3) is 1.33.